The summed E-state index contributed by atoms with van der Waals surface area (Å²) >= 11 is 0. The highest BCUT2D eigenvalue weighted by atomic mass is 16.5. The number of methoxy groups -OCH3 is 1. The second kappa shape index (κ2) is 8.68. The fourth-order valence-electron chi connectivity index (χ4n) is 2.98. The van der Waals surface area contributed by atoms with E-state index in [4.69, 9.17) is 14.1 Å². The first-order valence-electron chi connectivity index (χ1n) is 8.99. The van der Waals surface area contributed by atoms with Crippen LogP contribution >= 0.6 is 0 Å². The van der Waals surface area contributed by atoms with Gasteiger partial charge in [0.1, 0.15) is 17.6 Å². The van der Waals surface area contributed by atoms with Gasteiger partial charge in [0.2, 0.25) is 0 Å². The van der Waals surface area contributed by atoms with Gasteiger partial charge in [-0.1, -0.05) is 56.3 Å². The number of furan rings is 1. The molecule has 1 aliphatic rings. The lowest BCUT2D eigenvalue weighted by molar-refractivity contribution is 0.164. The van der Waals surface area contributed by atoms with Crippen molar-refractivity contribution in [3.63, 3.8) is 0 Å². The minimum Gasteiger partial charge on any atom is -0.467 e. The quantitative estimate of drug-likeness (QED) is 0.553. The Kier molecular flexibility index (Phi) is 6.08. The van der Waals surface area contributed by atoms with Crippen LogP contribution in [0.1, 0.15) is 31.2 Å². The lowest BCUT2D eigenvalue weighted by Crippen LogP contribution is -2.34. The van der Waals surface area contributed by atoms with Gasteiger partial charge in [-0.3, -0.25) is 4.99 Å². The molecule has 0 bridgehead atoms. The van der Waals surface area contributed by atoms with Crippen LogP contribution in [0, 0.1) is 5.92 Å². The normalized spacial score (nSPS) is 18.5. The van der Waals surface area contributed by atoms with Crippen LogP contribution in [-0.4, -0.2) is 30.5 Å². The van der Waals surface area contributed by atoms with E-state index in [9.17, 15) is 0 Å². The zero-order chi connectivity index (χ0) is 18.4. The van der Waals surface area contributed by atoms with Crippen molar-refractivity contribution in [2.75, 3.05) is 13.7 Å². The molecule has 2 aromatic rings. The molecule has 0 N–H and O–H groups in total. The predicted molar refractivity (Wildman–Crippen MR) is 105 cm³/mol. The van der Waals surface area contributed by atoms with E-state index in [2.05, 4.69) is 43.2 Å². The fraction of sp³-hybridized carbons (Fsp3) is 0.318. The lowest BCUT2D eigenvalue weighted by atomic mass is 10.0. The van der Waals surface area contributed by atoms with E-state index in [1.165, 1.54) is 0 Å². The molecule has 1 aliphatic heterocycles. The molecule has 0 unspecified atom stereocenters. The molecule has 1 aromatic heterocycles. The van der Waals surface area contributed by atoms with E-state index in [0.29, 0.717) is 12.5 Å². The summed E-state index contributed by atoms with van der Waals surface area (Å²) in [7, 11) is 1.72. The van der Waals surface area contributed by atoms with Crippen LogP contribution in [0.15, 0.2) is 82.6 Å². The highest BCUT2D eigenvalue weighted by Crippen LogP contribution is 2.28. The van der Waals surface area contributed by atoms with Crippen LogP contribution in [0.4, 0.5) is 0 Å². The number of allylic oxidation sites excluding steroid dienone is 2. The second-order valence-electron chi connectivity index (χ2n) is 6.68. The number of hydrogen-bond acceptors (Lipinski definition) is 3. The van der Waals surface area contributed by atoms with Crippen molar-refractivity contribution in [2.45, 2.75) is 25.9 Å². The van der Waals surface area contributed by atoms with Gasteiger partial charge in [-0.05, 0) is 24.1 Å². The Balaban J connectivity index is 2.05. The third kappa shape index (κ3) is 4.14. The minimum atomic E-state index is -0.0238. The number of rotatable bonds is 6. The summed E-state index contributed by atoms with van der Waals surface area (Å²) in [5, 5.41) is 0. The molecular formula is C22H26N2O2. The molecule has 26 heavy (non-hydrogen) atoms. The highest BCUT2D eigenvalue weighted by molar-refractivity contribution is 6.00. The fourth-order valence-corrected chi connectivity index (χ4v) is 2.98. The molecule has 4 nitrogen and oxygen atoms in total. The Hall–Kier alpha value is -2.59. The number of amidine groups is 1. The Morgan fingerprint density at radius 2 is 1.96 bits per heavy atom. The van der Waals surface area contributed by atoms with Gasteiger partial charge < -0.3 is 14.1 Å². The van der Waals surface area contributed by atoms with Crippen LogP contribution in [0.2, 0.25) is 0 Å². The molecular weight excluding hydrogens is 324 g/mol. The molecule has 136 valence electrons. The summed E-state index contributed by atoms with van der Waals surface area (Å²) < 4.78 is 11.1. The molecule has 0 radical (unpaired) electrons. The summed E-state index contributed by atoms with van der Waals surface area (Å²) in [6.07, 6.45) is 9.96. The Morgan fingerprint density at radius 3 is 2.62 bits per heavy atom. The summed E-state index contributed by atoms with van der Waals surface area (Å²) in [6, 6.07) is 14.2. The van der Waals surface area contributed by atoms with E-state index in [1.54, 1.807) is 13.4 Å². The Labute approximate surface area is 155 Å². The van der Waals surface area contributed by atoms with Gasteiger partial charge in [0, 0.05) is 18.9 Å². The maximum atomic E-state index is 5.68. The van der Waals surface area contributed by atoms with Gasteiger partial charge in [-0.2, -0.15) is 0 Å². The summed E-state index contributed by atoms with van der Waals surface area (Å²) in [5.74, 6) is 2.19. The molecule has 4 heteroatoms. The summed E-state index contributed by atoms with van der Waals surface area (Å²) in [4.78, 5) is 7.28. The van der Waals surface area contributed by atoms with Crippen molar-refractivity contribution >= 4 is 5.84 Å². The maximum Gasteiger partial charge on any atom is 0.136 e. The Morgan fingerprint density at radius 1 is 1.15 bits per heavy atom. The third-order valence-corrected chi connectivity index (χ3v) is 4.46. The number of nitrogens with zero attached hydrogens (tertiary/aromatic N) is 2. The van der Waals surface area contributed by atoms with E-state index in [-0.39, 0.29) is 12.1 Å². The smallest absolute Gasteiger partial charge is 0.136 e. The van der Waals surface area contributed by atoms with E-state index < -0.39 is 0 Å². The van der Waals surface area contributed by atoms with Crippen molar-refractivity contribution in [1.29, 1.82) is 0 Å². The first-order chi connectivity index (χ1) is 12.7. The van der Waals surface area contributed by atoms with Gasteiger partial charge in [0.05, 0.1) is 18.9 Å². The van der Waals surface area contributed by atoms with Gasteiger partial charge in [0.15, 0.2) is 0 Å². The molecule has 0 saturated carbocycles. The third-order valence-electron chi connectivity index (χ3n) is 4.46. The van der Waals surface area contributed by atoms with Crippen molar-refractivity contribution in [2.24, 2.45) is 10.9 Å². The molecule has 0 saturated heterocycles. The molecule has 2 atom stereocenters. The number of benzene rings is 1. The summed E-state index contributed by atoms with van der Waals surface area (Å²) in [6.45, 7) is 4.93. The SMILES string of the molecule is COC[C@@H](N=C(c1ccccc1)N1C=CC=C[C@H]1c1ccco1)C(C)C. The van der Waals surface area contributed by atoms with Gasteiger partial charge in [0.25, 0.3) is 0 Å². The van der Waals surface area contributed by atoms with Crippen molar-refractivity contribution in [3.05, 3.63) is 84.5 Å². The number of hydrogen-bond donors (Lipinski definition) is 0. The monoisotopic (exact) mass is 350 g/mol. The van der Waals surface area contributed by atoms with Crippen LogP contribution in [0.25, 0.3) is 0 Å². The van der Waals surface area contributed by atoms with Crippen molar-refractivity contribution < 1.29 is 9.15 Å². The van der Waals surface area contributed by atoms with Crippen molar-refractivity contribution in [3.8, 4) is 0 Å². The molecule has 0 spiro atoms. The Bertz CT molecular complexity index is 761. The maximum absolute atomic E-state index is 5.68. The predicted octanol–water partition coefficient (Wildman–Crippen LogP) is 4.82. The molecule has 0 aliphatic carbocycles. The molecule has 0 fully saturated rings. The van der Waals surface area contributed by atoms with E-state index in [0.717, 1.165) is 17.2 Å². The van der Waals surface area contributed by atoms with E-state index >= 15 is 0 Å². The first-order valence-corrected chi connectivity index (χ1v) is 8.99. The molecule has 0 amide bonds. The number of aliphatic imine (C=N–C) groups is 1. The lowest BCUT2D eigenvalue weighted by Gasteiger charge is -2.31. The van der Waals surface area contributed by atoms with Crippen molar-refractivity contribution in [1.82, 2.24) is 4.90 Å². The van der Waals surface area contributed by atoms with Crippen LogP contribution in [-0.2, 0) is 4.74 Å². The molecule has 1 aromatic carbocycles. The van der Waals surface area contributed by atoms with E-state index in [1.807, 2.05) is 42.5 Å². The largest absolute Gasteiger partial charge is 0.467 e. The van der Waals surface area contributed by atoms with Crippen LogP contribution < -0.4 is 0 Å². The average molecular weight is 350 g/mol. The van der Waals surface area contributed by atoms with Crippen LogP contribution in [0.3, 0.4) is 0 Å². The molecule has 3 rings (SSSR count). The van der Waals surface area contributed by atoms with Gasteiger partial charge >= 0.3 is 0 Å². The number of ether oxygens (including phenoxy) is 1. The first kappa shape index (κ1) is 18.2. The van der Waals surface area contributed by atoms with Gasteiger partial charge in [-0.15, -0.1) is 0 Å². The zero-order valence-corrected chi connectivity index (χ0v) is 15.6. The standard InChI is InChI=1S/C22H26N2O2/c1-17(2)19(16-25-3)23-22(18-10-5-4-6-11-18)24-14-8-7-12-20(24)21-13-9-15-26-21/h4-15,17,19-20H,16H2,1-3H3/t19-,20+/m1/s1. The van der Waals surface area contributed by atoms with Gasteiger partial charge in [-0.25, -0.2) is 0 Å². The second-order valence-corrected chi connectivity index (χ2v) is 6.68. The zero-order valence-electron chi connectivity index (χ0n) is 15.6. The average Bonchev–Trinajstić information content (AvgIpc) is 3.20. The topological polar surface area (TPSA) is 38.0 Å². The van der Waals surface area contributed by atoms with Crippen LogP contribution in [0.5, 0.6) is 0 Å². The highest BCUT2D eigenvalue weighted by Gasteiger charge is 2.26. The summed E-state index contributed by atoms with van der Waals surface area (Å²) in [5.41, 5.74) is 1.07. The molecule has 2 heterocycles. The minimum absolute atomic E-state index is 0.0238.